The van der Waals surface area contributed by atoms with E-state index in [1.165, 1.54) is 6.07 Å². The van der Waals surface area contributed by atoms with Crippen LogP contribution in [0.2, 0.25) is 5.02 Å². The summed E-state index contributed by atoms with van der Waals surface area (Å²) in [7, 11) is 4.21. The van der Waals surface area contributed by atoms with Crippen LogP contribution in [0, 0.1) is 11.7 Å². The summed E-state index contributed by atoms with van der Waals surface area (Å²) in [6, 6.07) is 5.31. The molecule has 4 heteroatoms. The number of nitrogens with zero attached hydrogens (tertiary/aromatic N) is 1. The summed E-state index contributed by atoms with van der Waals surface area (Å²) in [5, 5.41) is 3.81. The third-order valence-corrected chi connectivity index (χ3v) is 4.18. The average molecular weight is 301 g/mol. The van der Waals surface area contributed by atoms with E-state index in [1.54, 1.807) is 12.1 Å². The van der Waals surface area contributed by atoms with Crippen LogP contribution in [0.25, 0.3) is 0 Å². The number of nitrogens with one attached hydrogen (secondary N) is 1. The van der Waals surface area contributed by atoms with Crippen molar-refractivity contribution >= 4 is 11.6 Å². The number of halogens is 2. The lowest BCUT2D eigenvalue weighted by atomic mass is 9.93. The Balaban J connectivity index is 2.56. The fraction of sp³-hybridized carbons (Fsp3) is 0.625. The molecular weight excluding hydrogens is 275 g/mol. The van der Waals surface area contributed by atoms with E-state index in [9.17, 15) is 4.39 Å². The predicted octanol–water partition coefficient (Wildman–Crippen LogP) is 3.94. The van der Waals surface area contributed by atoms with Crippen LogP contribution in [-0.4, -0.2) is 31.6 Å². The Morgan fingerprint density at radius 2 is 1.90 bits per heavy atom. The van der Waals surface area contributed by atoms with Gasteiger partial charge in [-0.3, -0.25) is 0 Å². The highest BCUT2D eigenvalue weighted by molar-refractivity contribution is 6.30. The van der Waals surface area contributed by atoms with Gasteiger partial charge in [-0.1, -0.05) is 44.4 Å². The van der Waals surface area contributed by atoms with Crippen LogP contribution < -0.4 is 5.32 Å². The lowest BCUT2D eigenvalue weighted by Gasteiger charge is -2.31. The minimum Gasteiger partial charge on any atom is -0.311 e. The molecule has 1 unspecified atom stereocenters. The number of rotatable bonds is 8. The van der Waals surface area contributed by atoms with Gasteiger partial charge < -0.3 is 10.2 Å². The standard InChI is InChI=1S/C16H26ClFN2/c1-5-12(6-2)16(20(3)4)11-19-10-13-7-8-14(17)9-15(13)18/h7-9,12,16,19H,5-6,10-11H2,1-4H3. The van der Waals surface area contributed by atoms with E-state index in [0.717, 1.165) is 19.4 Å². The Bertz CT molecular complexity index is 405. The summed E-state index contributed by atoms with van der Waals surface area (Å²) in [5.74, 6) is 0.418. The topological polar surface area (TPSA) is 15.3 Å². The summed E-state index contributed by atoms with van der Waals surface area (Å²) in [4.78, 5) is 2.25. The molecule has 0 amide bonds. The molecule has 20 heavy (non-hydrogen) atoms. The first-order valence-electron chi connectivity index (χ1n) is 7.30. The summed E-state index contributed by atoms with van der Waals surface area (Å²) in [6.45, 7) is 5.85. The van der Waals surface area contributed by atoms with E-state index in [-0.39, 0.29) is 5.82 Å². The molecule has 0 aliphatic carbocycles. The molecule has 2 nitrogen and oxygen atoms in total. The second kappa shape index (κ2) is 8.60. The van der Waals surface area contributed by atoms with Gasteiger partial charge in [-0.15, -0.1) is 0 Å². The highest BCUT2D eigenvalue weighted by Gasteiger charge is 2.20. The van der Waals surface area contributed by atoms with Gasteiger partial charge >= 0.3 is 0 Å². The Labute approximate surface area is 127 Å². The third kappa shape index (κ3) is 5.04. The maximum atomic E-state index is 13.7. The van der Waals surface area contributed by atoms with E-state index in [2.05, 4.69) is 38.2 Å². The zero-order valence-corrected chi connectivity index (χ0v) is 13.7. The smallest absolute Gasteiger partial charge is 0.129 e. The van der Waals surface area contributed by atoms with Gasteiger partial charge in [0.05, 0.1) is 0 Å². The molecule has 1 aromatic carbocycles. The largest absolute Gasteiger partial charge is 0.311 e. The van der Waals surface area contributed by atoms with Crippen molar-refractivity contribution in [3.63, 3.8) is 0 Å². The van der Waals surface area contributed by atoms with Crippen LogP contribution in [0.3, 0.4) is 0 Å². The zero-order chi connectivity index (χ0) is 15.1. The number of hydrogen-bond donors (Lipinski definition) is 1. The molecule has 0 fully saturated rings. The van der Waals surface area contributed by atoms with Crippen molar-refractivity contribution in [2.45, 2.75) is 39.3 Å². The van der Waals surface area contributed by atoms with E-state index in [0.29, 0.717) is 29.1 Å². The first-order chi connectivity index (χ1) is 9.49. The molecule has 0 aromatic heterocycles. The van der Waals surface area contributed by atoms with Crippen molar-refractivity contribution in [1.29, 1.82) is 0 Å². The minimum atomic E-state index is -0.242. The summed E-state index contributed by atoms with van der Waals surface area (Å²) >= 11 is 5.76. The SMILES string of the molecule is CCC(CC)C(CNCc1ccc(Cl)cc1F)N(C)C. The van der Waals surface area contributed by atoms with Gasteiger partial charge in [-0.2, -0.15) is 0 Å². The molecule has 1 atom stereocenters. The molecule has 0 aliphatic heterocycles. The molecule has 1 aromatic rings. The number of likely N-dealkylation sites (N-methyl/N-ethyl adjacent to an activating group) is 1. The van der Waals surface area contributed by atoms with Crippen LogP contribution >= 0.6 is 11.6 Å². The Morgan fingerprint density at radius 1 is 1.25 bits per heavy atom. The van der Waals surface area contributed by atoms with Crippen LogP contribution in [0.1, 0.15) is 32.3 Å². The van der Waals surface area contributed by atoms with Crippen LogP contribution in [-0.2, 0) is 6.54 Å². The lowest BCUT2D eigenvalue weighted by Crippen LogP contribution is -2.42. The molecule has 0 radical (unpaired) electrons. The minimum absolute atomic E-state index is 0.242. The molecule has 114 valence electrons. The molecule has 1 N–H and O–H groups in total. The van der Waals surface area contributed by atoms with Crippen LogP contribution in [0.5, 0.6) is 0 Å². The van der Waals surface area contributed by atoms with Crippen molar-refractivity contribution < 1.29 is 4.39 Å². The van der Waals surface area contributed by atoms with Crippen LogP contribution in [0.4, 0.5) is 4.39 Å². The van der Waals surface area contributed by atoms with Crippen molar-refractivity contribution in [2.75, 3.05) is 20.6 Å². The normalized spacial score (nSPS) is 13.2. The van der Waals surface area contributed by atoms with Gasteiger partial charge in [0, 0.05) is 29.7 Å². The molecule has 0 aliphatic rings. The molecule has 0 saturated heterocycles. The molecule has 1 rings (SSSR count). The Kier molecular flexibility index (Phi) is 7.49. The first kappa shape index (κ1) is 17.4. The monoisotopic (exact) mass is 300 g/mol. The van der Waals surface area contributed by atoms with E-state index in [1.807, 2.05) is 0 Å². The summed E-state index contributed by atoms with van der Waals surface area (Å²) < 4.78 is 13.7. The van der Waals surface area contributed by atoms with Gasteiger partial charge in [-0.25, -0.2) is 4.39 Å². The zero-order valence-electron chi connectivity index (χ0n) is 12.9. The number of benzene rings is 1. The van der Waals surface area contributed by atoms with Gasteiger partial charge in [0.1, 0.15) is 5.82 Å². The van der Waals surface area contributed by atoms with Crippen LogP contribution in [0.15, 0.2) is 18.2 Å². The van der Waals surface area contributed by atoms with Gasteiger partial charge in [0.2, 0.25) is 0 Å². The highest BCUT2D eigenvalue weighted by Crippen LogP contribution is 2.17. The van der Waals surface area contributed by atoms with Gasteiger partial charge in [0.15, 0.2) is 0 Å². The van der Waals surface area contributed by atoms with E-state index >= 15 is 0 Å². The van der Waals surface area contributed by atoms with Crippen molar-refractivity contribution in [3.8, 4) is 0 Å². The molecule has 0 bridgehead atoms. The fourth-order valence-electron chi connectivity index (χ4n) is 2.62. The third-order valence-electron chi connectivity index (χ3n) is 3.94. The second-order valence-corrected chi connectivity index (χ2v) is 5.91. The van der Waals surface area contributed by atoms with Crippen molar-refractivity contribution in [1.82, 2.24) is 10.2 Å². The second-order valence-electron chi connectivity index (χ2n) is 5.47. The molecule has 0 spiro atoms. The lowest BCUT2D eigenvalue weighted by molar-refractivity contribution is 0.193. The Morgan fingerprint density at radius 3 is 2.40 bits per heavy atom. The van der Waals surface area contributed by atoms with Crippen molar-refractivity contribution in [3.05, 3.63) is 34.6 Å². The quantitative estimate of drug-likeness (QED) is 0.782. The van der Waals surface area contributed by atoms with Gasteiger partial charge in [-0.05, 0) is 32.1 Å². The van der Waals surface area contributed by atoms with E-state index in [4.69, 9.17) is 11.6 Å². The molecule has 0 heterocycles. The molecule has 0 saturated carbocycles. The first-order valence-corrected chi connectivity index (χ1v) is 7.68. The van der Waals surface area contributed by atoms with Gasteiger partial charge in [0.25, 0.3) is 0 Å². The average Bonchev–Trinajstić information content (AvgIpc) is 2.40. The predicted molar refractivity (Wildman–Crippen MR) is 84.7 cm³/mol. The molecular formula is C16H26ClFN2. The van der Waals surface area contributed by atoms with E-state index < -0.39 is 0 Å². The van der Waals surface area contributed by atoms with Crippen molar-refractivity contribution in [2.24, 2.45) is 5.92 Å². The number of hydrogen-bond acceptors (Lipinski definition) is 2. The maximum Gasteiger partial charge on any atom is 0.129 e. The maximum absolute atomic E-state index is 13.7. The Hall–Kier alpha value is -0.640. The highest BCUT2D eigenvalue weighted by atomic mass is 35.5. The summed E-state index contributed by atoms with van der Waals surface area (Å²) in [6.07, 6.45) is 2.33. The fourth-order valence-corrected chi connectivity index (χ4v) is 2.78. The summed E-state index contributed by atoms with van der Waals surface area (Å²) in [5.41, 5.74) is 0.663.